The molecule has 4 rings (SSSR count). The SMILES string of the molecule is CC(=O)n1cc(C(N)=O)c2ccccc21.O=C(O)c1cccc(C2CCCCC2)c1. The third kappa shape index (κ3) is 4.76. The maximum absolute atomic E-state index is 11.3. The minimum atomic E-state index is -0.826. The third-order valence-corrected chi connectivity index (χ3v) is 5.53. The Bertz CT molecular complexity index is 1030. The maximum Gasteiger partial charge on any atom is 0.335 e. The van der Waals surface area contributed by atoms with Crippen molar-refractivity contribution in [2.45, 2.75) is 44.9 Å². The number of nitrogens with two attached hydrogens (primary N) is 1. The van der Waals surface area contributed by atoms with Crippen LogP contribution in [-0.4, -0.2) is 27.5 Å². The second kappa shape index (κ2) is 9.39. The van der Waals surface area contributed by atoms with Gasteiger partial charge >= 0.3 is 5.97 Å². The van der Waals surface area contributed by atoms with Crippen molar-refractivity contribution >= 4 is 28.7 Å². The minimum absolute atomic E-state index is 0.140. The van der Waals surface area contributed by atoms with E-state index in [-0.39, 0.29) is 5.91 Å². The highest BCUT2D eigenvalue weighted by Gasteiger charge is 2.16. The van der Waals surface area contributed by atoms with Crippen LogP contribution in [0.2, 0.25) is 0 Å². The topological polar surface area (TPSA) is 102 Å². The summed E-state index contributed by atoms with van der Waals surface area (Å²) in [4.78, 5) is 33.3. The molecule has 0 bridgehead atoms. The number of aromatic carboxylic acids is 1. The maximum atomic E-state index is 11.3. The number of carbonyl (C=O) groups is 3. The van der Waals surface area contributed by atoms with Crippen molar-refractivity contribution in [1.29, 1.82) is 0 Å². The Morgan fingerprint density at radius 2 is 1.70 bits per heavy atom. The molecule has 156 valence electrons. The summed E-state index contributed by atoms with van der Waals surface area (Å²) < 4.78 is 1.43. The van der Waals surface area contributed by atoms with Gasteiger partial charge in [0, 0.05) is 18.5 Å². The molecule has 0 radical (unpaired) electrons. The van der Waals surface area contributed by atoms with E-state index < -0.39 is 11.9 Å². The minimum Gasteiger partial charge on any atom is -0.478 e. The number of carboxylic acid groups (broad SMARTS) is 1. The zero-order chi connectivity index (χ0) is 21.7. The molecule has 0 saturated heterocycles. The average molecular weight is 406 g/mol. The van der Waals surface area contributed by atoms with Gasteiger partial charge in [-0.3, -0.25) is 14.2 Å². The molecule has 1 fully saturated rings. The van der Waals surface area contributed by atoms with Gasteiger partial charge in [-0.05, 0) is 42.5 Å². The molecule has 1 aliphatic carbocycles. The molecule has 0 atom stereocenters. The van der Waals surface area contributed by atoms with E-state index in [1.165, 1.54) is 55.4 Å². The first-order valence-corrected chi connectivity index (χ1v) is 10.1. The Labute approximate surface area is 175 Å². The molecule has 1 amide bonds. The summed E-state index contributed by atoms with van der Waals surface area (Å²) in [6.07, 6.45) is 7.79. The van der Waals surface area contributed by atoms with Crippen LogP contribution in [0.4, 0.5) is 0 Å². The van der Waals surface area contributed by atoms with Gasteiger partial charge < -0.3 is 10.8 Å². The highest BCUT2D eigenvalue weighted by Crippen LogP contribution is 2.32. The number of rotatable bonds is 3. The van der Waals surface area contributed by atoms with Gasteiger partial charge in [0.05, 0.1) is 16.6 Å². The monoisotopic (exact) mass is 406 g/mol. The fourth-order valence-corrected chi connectivity index (χ4v) is 4.00. The van der Waals surface area contributed by atoms with Gasteiger partial charge in [0.2, 0.25) is 5.91 Å². The summed E-state index contributed by atoms with van der Waals surface area (Å²) in [5.41, 5.74) is 7.93. The first-order chi connectivity index (χ1) is 14.4. The van der Waals surface area contributed by atoms with Crippen LogP contribution in [0.25, 0.3) is 10.9 Å². The highest BCUT2D eigenvalue weighted by atomic mass is 16.4. The molecule has 6 nitrogen and oxygen atoms in total. The van der Waals surface area contributed by atoms with E-state index in [1.807, 2.05) is 18.2 Å². The molecular formula is C24H26N2O4. The number of aromatic nitrogens is 1. The van der Waals surface area contributed by atoms with Gasteiger partial charge in [-0.15, -0.1) is 0 Å². The van der Waals surface area contributed by atoms with Gasteiger partial charge in [-0.2, -0.15) is 0 Å². The van der Waals surface area contributed by atoms with E-state index in [0.717, 1.165) is 0 Å². The lowest BCUT2D eigenvalue weighted by Crippen LogP contribution is -2.10. The molecule has 2 aromatic carbocycles. The number of carbonyl (C=O) groups excluding carboxylic acids is 2. The molecular weight excluding hydrogens is 380 g/mol. The van der Waals surface area contributed by atoms with Crippen LogP contribution >= 0.6 is 0 Å². The van der Waals surface area contributed by atoms with Crippen LogP contribution in [0.1, 0.15) is 76.0 Å². The summed E-state index contributed by atoms with van der Waals surface area (Å²) in [6, 6.07) is 14.6. The van der Waals surface area contributed by atoms with E-state index in [1.54, 1.807) is 24.3 Å². The van der Waals surface area contributed by atoms with Gasteiger partial charge in [0.1, 0.15) is 0 Å². The summed E-state index contributed by atoms with van der Waals surface area (Å²) >= 11 is 0. The number of fused-ring (bicyclic) bond motifs is 1. The lowest BCUT2D eigenvalue weighted by molar-refractivity contribution is 0.0696. The van der Waals surface area contributed by atoms with Gasteiger partial charge in [0.15, 0.2) is 0 Å². The summed E-state index contributed by atoms with van der Waals surface area (Å²) in [6.45, 7) is 1.44. The quantitative estimate of drug-likeness (QED) is 0.650. The molecule has 6 heteroatoms. The van der Waals surface area contributed by atoms with Crippen LogP contribution < -0.4 is 5.73 Å². The molecule has 1 heterocycles. The standard InChI is InChI=1S/C13H16O2.C11H10N2O2/c14-13(15)12-8-4-7-11(9-12)10-5-2-1-3-6-10;1-7(14)13-6-9(11(12)15)8-4-2-3-5-10(8)13/h4,7-10H,1-3,5-6H2,(H,14,15);2-6H,1H3,(H2,12,15). The van der Waals surface area contributed by atoms with Crippen LogP contribution in [0.15, 0.2) is 54.7 Å². The number of benzene rings is 2. The van der Waals surface area contributed by atoms with Crippen LogP contribution in [-0.2, 0) is 0 Å². The zero-order valence-corrected chi connectivity index (χ0v) is 17.0. The number of para-hydroxylation sites is 1. The number of carboxylic acids is 1. The molecule has 3 aromatic rings. The molecule has 0 spiro atoms. The fraction of sp³-hybridized carbons (Fsp3) is 0.292. The van der Waals surface area contributed by atoms with Crippen molar-refractivity contribution in [3.05, 3.63) is 71.4 Å². The second-order valence-corrected chi connectivity index (χ2v) is 7.58. The van der Waals surface area contributed by atoms with Gasteiger partial charge in [-0.25, -0.2) is 4.79 Å². The Kier molecular flexibility index (Phi) is 6.67. The van der Waals surface area contributed by atoms with Crippen LogP contribution in [0.5, 0.6) is 0 Å². The highest BCUT2D eigenvalue weighted by molar-refractivity contribution is 6.08. The number of amides is 1. The van der Waals surface area contributed by atoms with Crippen LogP contribution in [0, 0.1) is 0 Å². The van der Waals surface area contributed by atoms with E-state index in [2.05, 4.69) is 6.07 Å². The van der Waals surface area contributed by atoms with Crippen molar-refractivity contribution in [2.24, 2.45) is 5.73 Å². The lowest BCUT2D eigenvalue weighted by Gasteiger charge is -2.22. The Morgan fingerprint density at radius 1 is 1.00 bits per heavy atom. The second-order valence-electron chi connectivity index (χ2n) is 7.58. The predicted molar refractivity (Wildman–Crippen MR) is 116 cm³/mol. The fourth-order valence-electron chi connectivity index (χ4n) is 4.00. The zero-order valence-electron chi connectivity index (χ0n) is 17.0. The van der Waals surface area contributed by atoms with E-state index in [9.17, 15) is 14.4 Å². The first kappa shape index (κ1) is 21.3. The van der Waals surface area contributed by atoms with Crippen molar-refractivity contribution in [2.75, 3.05) is 0 Å². The Hall–Kier alpha value is -3.41. The van der Waals surface area contributed by atoms with E-state index >= 15 is 0 Å². The van der Waals surface area contributed by atoms with E-state index in [4.69, 9.17) is 10.8 Å². The number of primary amides is 1. The first-order valence-electron chi connectivity index (χ1n) is 10.1. The third-order valence-electron chi connectivity index (χ3n) is 5.53. The van der Waals surface area contributed by atoms with Crippen molar-refractivity contribution < 1.29 is 19.5 Å². The van der Waals surface area contributed by atoms with E-state index in [0.29, 0.717) is 27.9 Å². The van der Waals surface area contributed by atoms with Crippen molar-refractivity contribution in [1.82, 2.24) is 4.57 Å². The van der Waals surface area contributed by atoms with Crippen molar-refractivity contribution in [3.8, 4) is 0 Å². The summed E-state index contributed by atoms with van der Waals surface area (Å²) in [5.74, 6) is -0.907. The number of nitrogens with zero attached hydrogens (tertiary/aromatic N) is 1. The molecule has 30 heavy (non-hydrogen) atoms. The summed E-state index contributed by atoms with van der Waals surface area (Å²) in [5, 5.41) is 9.62. The van der Waals surface area contributed by atoms with Crippen molar-refractivity contribution in [3.63, 3.8) is 0 Å². The average Bonchev–Trinajstić information content (AvgIpc) is 3.15. The number of hydrogen-bond donors (Lipinski definition) is 2. The molecule has 3 N–H and O–H groups in total. The molecule has 1 aliphatic rings. The number of hydrogen-bond acceptors (Lipinski definition) is 3. The smallest absolute Gasteiger partial charge is 0.335 e. The molecule has 1 saturated carbocycles. The molecule has 0 unspecified atom stereocenters. The molecule has 0 aliphatic heterocycles. The predicted octanol–water partition coefficient (Wildman–Crippen LogP) is 4.83. The summed E-state index contributed by atoms with van der Waals surface area (Å²) in [7, 11) is 0. The molecule has 1 aromatic heterocycles. The largest absolute Gasteiger partial charge is 0.478 e. The van der Waals surface area contributed by atoms with Crippen LogP contribution in [0.3, 0.4) is 0 Å². The normalized spacial score (nSPS) is 14.0. The Balaban J connectivity index is 0.000000171. The van der Waals surface area contributed by atoms with Gasteiger partial charge in [0.25, 0.3) is 5.91 Å². The van der Waals surface area contributed by atoms with Gasteiger partial charge in [-0.1, -0.05) is 49.6 Å². The lowest BCUT2D eigenvalue weighted by atomic mass is 9.84. The Morgan fingerprint density at radius 3 is 2.33 bits per heavy atom.